The Bertz CT molecular complexity index is 1330. The van der Waals surface area contributed by atoms with E-state index in [2.05, 4.69) is 10.3 Å². The fourth-order valence-corrected chi connectivity index (χ4v) is 4.25. The Balaban J connectivity index is 1.53. The number of aromatic nitrogens is 2. The molecular formula is C25H23N3O4S. The summed E-state index contributed by atoms with van der Waals surface area (Å²) in [6.07, 6.45) is 2.78. The van der Waals surface area contributed by atoms with Crippen molar-refractivity contribution in [1.82, 2.24) is 9.55 Å². The lowest BCUT2D eigenvalue weighted by atomic mass is 10.1. The molecule has 7 nitrogen and oxygen atoms in total. The third kappa shape index (κ3) is 5.40. The van der Waals surface area contributed by atoms with Crippen molar-refractivity contribution < 1.29 is 14.0 Å². The average Bonchev–Trinajstić information content (AvgIpc) is 3.33. The number of ketones is 1. The van der Waals surface area contributed by atoms with Crippen LogP contribution in [-0.4, -0.2) is 27.0 Å². The minimum absolute atomic E-state index is 0.0518. The fraction of sp³-hybridized carbons (Fsp3) is 0.200. The summed E-state index contributed by atoms with van der Waals surface area (Å²) >= 11 is 1.21. The number of carbonyl (C=O) groups is 2. The van der Waals surface area contributed by atoms with Gasteiger partial charge in [0.15, 0.2) is 10.9 Å². The zero-order valence-electron chi connectivity index (χ0n) is 18.1. The van der Waals surface area contributed by atoms with E-state index in [1.54, 1.807) is 60.9 Å². The second-order valence-electron chi connectivity index (χ2n) is 7.47. The third-order valence-corrected chi connectivity index (χ3v) is 6.00. The van der Waals surface area contributed by atoms with Crippen molar-refractivity contribution in [1.29, 1.82) is 0 Å². The fourth-order valence-electron chi connectivity index (χ4n) is 3.36. The normalized spacial score (nSPS) is 10.9. The molecule has 1 amide bonds. The van der Waals surface area contributed by atoms with Crippen LogP contribution in [-0.2, 0) is 11.3 Å². The highest BCUT2D eigenvalue weighted by Crippen LogP contribution is 2.21. The predicted octanol–water partition coefficient (Wildman–Crippen LogP) is 4.75. The highest BCUT2D eigenvalue weighted by atomic mass is 32.2. The Labute approximate surface area is 194 Å². The van der Waals surface area contributed by atoms with Gasteiger partial charge in [0.05, 0.1) is 29.5 Å². The lowest BCUT2D eigenvalue weighted by Gasteiger charge is -2.12. The summed E-state index contributed by atoms with van der Waals surface area (Å²) in [5, 5.41) is 3.77. The van der Waals surface area contributed by atoms with Crippen LogP contribution in [0, 0.1) is 0 Å². The number of Topliss-reactive ketones (excluding diaryl/α,β-unsaturated/α-hetero) is 1. The minimum Gasteiger partial charge on any atom is -0.467 e. The Morgan fingerprint density at radius 2 is 1.85 bits per heavy atom. The first-order valence-corrected chi connectivity index (χ1v) is 11.6. The minimum atomic E-state index is -0.181. The molecular weight excluding hydrogens is 438 g/mol. The number of nitrogens with zero attached hydrogens (tertiary/aromatic N) is 2. The van der Waals surface area contributed by atoms with E-state index in [1.165, 1.54) is 16.3 Å². The number of carbonyl (C=O) groups excluding carboxylic acids is 2. The standard InChI is InChI=1S/C25H23N3O4S/c1-2-6-23(30)26-18-12-10-17(11-13-18)22(29)16-33-25-27-21-9-4-3-8-20(21)24(31)28(25)15-19-7-5-14-32-19/h3-5,7-14H,2,6,15-16H2,1H3,(H,26,30). The van der Waals surface area contributed by atoms with Crippen molar-refractivity contribution in [3.8, 4) is 0 Å². The van der Waals surface area contributed by atoms with Gasteiger partial charge in [-0.05, 0) is 55.0 Å². The number of para-hydroxylation sites is 1. The third-order valence-electron chi connectivity index (χ3n) is 5.02. The van der Waals surface area contributed by atoms with Crippen molar-refractivity contribution in [3.05, 3.63) is 88.6 Å². The van der Waals surface area contributed by atoms with Gasteiger partial charge in [0.25, 0.3) is 5.56 Å². The maximum absolute atomic E-state index is 13.1. The van der Waals surface area contributed by atoms with Gasteiger partial charge in [-0.1, -0.05) is 30.8 Å². The molecule has 0 radical (unpaired) electrons. The van der Waals surface area contributed by atoms with Crippen molar-refractivity contribution in [2.45, 2.75) is 31.5 Å². The van der Waals surface area contributed by atoms with E-state index < -0.39 is 0 Å². The van der Waals surface area contributed by atoms with Crippen molar-refractivity contribution in [3.63, 3.8) is 0 Å². The number of nitrogens with one attached hydrogen (secondary N) is 1. The SMILES string of the molecule is CCCC(=O)Nc1ccc(C(=O)CSc2nc3ccccc3c(=O)n2Cc2ccco2)cc1. The molecule has 0 saturated carbocycles. The van der Waals surface area contributed by atoms with E-state index in [4.69, 9.17) is 4.42 Å². The van der Waals surface area contributed by atoms with Crippen LogP contribution in [0.15, 0.2) is 81.3 Å². The van der Waals surface area contributed by atoms with Gasteiger partial charge in [0, 0.05) is 17.7 Å². The molecule has 0 spiro atoms. The van der Waals surface area contributed by atoms with E-state index in [1.807, 2.05) is 13.0 Å². The van der Waals surface area contributed by atoms with Crippen molar-refractivity contribution in [2.24, 2.45) is 0 Å². The quantitative estimate of drug-likeness (QED) is 0.220. The molecule has 0 bridgehead atoms. The molecule has 2 aromatic carbocycles. The van der Waals surface area contributed by atoms with Crippen molar-refractivity contribution in [2.75, 3.05) is 11.1 Å². The van der Waals surface area contributed by atoms with Gasteiger partial charge in [0.2, 0.25) is 5.91 Å². The van der Waals surface area contributed by atoms with Gasteiger partial charge in [0.1, 0.15) is 5.76 Å². The molecule has 0 aliphatic heterocycles. The van der Waals surface area contributed by atoms with Gasteiger partial charge in [-0.25, -0.2) is 4.98 Å². The topological polar surface area (TPSA) is 94.2 Å². The number of benzene rings is 2. The van der Waals surface area contributed by atoms with E-state index in [-0.39, 0.29) is 29.5 Å². The number of hydrogen-bond donors (Lipinski definition) is 1. The highest BCUT2D eigenvalue weighted by Gasteiger charge is 2.15. The number of amides is 1. The van der Waals surface area contributed by atoms with Crippen LogP contribution in [0.4, 0.5) is 5.69 Å². The first-order chi connectivity index (χ1) is 16.0. The summed E-state index contributed by atoms with van der Waals surface area (Å²) in [6, 6.07) is 17.5. The number of rotatable bonds is 9. The van der Waals surface area contributed by atoms with Crippen LogP contribution in [0.5, 0.6) is 0 Å². The molecule has 0 saturated heterocycles. The van der Waals surface area contributed by atoms with Crippen molar-refractivity contribution >= 4 is 40.0 Å². The van der Waals surface area contributed by atoms with Gasteiger partial charge in [-0.15, -0.1) is 0 Å². The number of furan rings is 1. The van der Waals surface area contributed by atoms with Gasteiger partial charge < -0.3 is 9.73 Å². The first kappa shape index (κ1) is 22.5. The lowest BCUT2D eigenvalue weighted by molar-refractivity contribution is -0.116. The Morgan fingerprint density at radius 1 is 1.06 bits per heavy atom. The molecule has 2 heterocycles. The highest BCUT2D eigenvalue weighted by molar-refractivity contribution is 7.99. The summed E-state index contributed by atoms with van der Waals surface area (Å²) in [5.74, 6) is 0.593. The number of anilines is 1. The molecule has 4 rings (SSSR count). The lowest BCUT2D eigenvalue weighted by Crippen LogP contribution is -2.24. The molecule has 0 atom stereocenters. The summed E-state index contributed by atoms with van der Waals surface area (Å²) in [5.41, 5.74) is 1.58. The van der Waals surface area contributed by atoms with Crippen LogP contribution in [0.25, 0.3) is 10.9 Å². The molecule has 1 N–H and O–H groups in total. The zero-order chi connectivity index (χ0) is 23.2. The molecule has 8 heteroatoms. The largest absolute Gasteiger partial charge is 0.467 e. The average molecular weight is 462 g/mol. The molecule has 33 heavy (non-hydrogen) atoms. The molecule has 4 aromatic rings. The van der Waals surface area contributed by atoms with E-state index >= 15 is 0 Å². The maximum atomic E-state index is 13.1. The molecule has 168 valence electrons. The van der Waals surface area contributed by atoms with Gasteiger partial charge in [-0.2, -0.15) is 0 Å². The second kappa shape index (κ2) is 10.3. The monoisotopic (exact) mass is 461 g/mol. The Hall–Kier alpha value is -3.65. The summed E-state index contributed by atoms with van der Waals surface area (Å²) in [6.45, 7) is 2.17. The first-order valence-electron chi connectivity index (χ1n) is 10.6. The maximum Gasteiger partial charge on any atom is 0.262 e. The number of hydrogen-bond acceptors (Lipinski definition) is 6. The van der Waals surface area contributed by atoms with Gasteiger partial charge >= 0.3 is 0 Å². The van der Waals surface area contributed by atoms with Crippen LogP contribution in [0.2, 0.25) is 0 Å². The van der Waals surface area contributed by atoms with Crippen LogP contribution in [0.1, 0.15) is 35.9 Å². The van der Waals surface area contributed by atoms with Crippen LogP contribution in [0.3, 0.4) is 0 Å². The van der Waals surface area contributed by atoms with E-state index in [0.717, 1.165) is 6.42 Å². The summed E-state index contributed by atoms with van der Waals surface area (Å²) < 4.78 is 6.95. The van der Waals surface area contributed by atoms with E-state index in [0.29, 0.717) is 39.5 Å². The molecule has 2 aromatic heterocycles. The second-order valence-corrected chi connectivity index (χ2v) is 8.41. The molecule has 0 aliphatic carbocycles. The molecule has 0 fully saturated rings. The summed E-state index contributed by atoms with van der Waals surface area (Å²) in [4.78, 5) is 42.3. The van der Waals surface area contributed by atoms with Crippen LogP contribution >= 0.6 is 11.8 Å². The Morgan fingerprint density at radius 3 is 2.58 bits per heavy atom. The number of thioether (sulfide) groups is 1. The number of fused-ring (bicyclic) bond motifs is 1. The smallest absolute Gasteiger partial charge is 0.262 e. The Kier molecular flexibility index (Phi) is 7.04. The van der Waals surface area contributed by atoms with E-state index in [9.17, 15) is 14.4 Å². The zero-order valence-corrected chi connectivity index (χ0v) is 18.9. The van der Waals surface area contributed by atoms with Gasteiger partial charge in [-0.3, -0.25) is 19.0 Å². The summed E-state index contributed by atoms with van der Waals surface area (Å²) in [7, 11) is 0. The molecule has 0 aliphatic rings. The van der Waals surface area contributed by atoms with Crippen LogP contribution < -0.4 is 10.9 Å². The molecule has 0 unspecified atom stereocenters. The predicted molar refractivity (Wildman–Crippen MR) is 129 cm³/mol.